The minimum Gasteiger partial charge on any atom is -0.497 e. The van der Waals surface area contributed by atoms with Crippen LogP contribution in [0.25, 0.3) is 5.69 Å². The Morgan fingerprint density at radius 2 is 2.12 bits per heavy atom. The molecule has 0 radical (unpaired) electrons. The SMILES string of the molecule is COc1ccc(-n2c(C)c(C)c(C#N)c2NC(=O)CN(Cc2cccs2)C[C@H]2CCCO2)cc1. The number of thiophene rings is 1. The Morgan fingerprint density at radius 1 is 1.32 bits per heavy atom. The summed E-state index contributed by atoms with van der Waals surface area (Å²) in [4.78, 5) is 16.6. The maximum Gasteiger partial charge on any atom is 0.239 e. The molecule has 0 unspecified atom stereocenters. The maximum atomic E-state index is 13.3. The van der Waals surface area contributed by atoms with Crippen LogP contribution < -0.4 is 10.1 Å². The van der Waals surface area contributed by atoms with Gasteiger partial charge in [-0.1, -0.05) is 6.07 Å². The maximum absolute atomic E-state index is 13.3. The van der Waals surface area contributed by atoms with Crippen LogP contribution in [-0.2, 0) is 16.1 Å². The third-order valence-corrected chi connectivity index (χ3v) is 7.09. The van der Waals surface area contributed by atoms with E-state index < -0.39 is 0 Å². The Labute approximate surface area is 204 Å². The number of ether oxygens (including phenoxy) is 2. The monoisotopic (exact) mass is 478 g/mol. The van der Waals surface area contributed by atoms with Crippen molar-refractivity contribution in [1.82, 2.24) is 9.47 Å². The van der Waals surface area contributed by atoms with Crippen LogP contribution >= 0.6 is 11.3 Å². The van der Waals surface area contributed by atoms with E-state index in [0.717, 1.165) is 42.1 Å². The number of hydrogen-bond donors (Lipinski definition) is 1. The highest BCUT2D eigenvalue weighted by Crippen LogP contribution is 2.31. The molecular formula is C26H30N4O3S. The molecule has 1 fully saturated rings. The van der Waals surface area contributed by atoms with Crippen LogP contribution in [0, 0.1) is 25.2 Å². The van der Waals surface area contributed by atoms with Crippen molar-refractivity contribution in [3.63, 3.8) is 0 Å². The Balaban J connectivity index is 1.57. The zero-order valence-corrected chi connectivity index (χ0v) is 20.7. The van der Waals surface area contributed by atoms with E-state index in [1.807, 2.05) is 54.1 Å². The number of aromatic nitrogens is 1. The number of benzene rings is 1. The van der Waals surface area contributed by atoms with Gasteiger partial charge in [-0.2, -0.15) is 5.26 Å². The number of carbonyl (C=O) groups is 1. The van der Waals surface area contributed by atoms with Crippen LogP contribution in [-0.4, -0.2) is 48.3 Å². The van der Waals surface area contributed by atoms with Gasteiger partial charge in [0.25, 0.3) is 0 Å². The standard InChI is InChI=1S/C26H30N4O3S/c1-18-19(2)30(20-8-10-21(32-3)11-9-20)26(24(18)14-27)28-25(31)17-29(15-22-6-4-12-33-22)16-23-7-5-13-34-23/h5,7-11,13,22H,4,6,12,15-17H2,1-3H3,(H,28,31)/t22-/m1/s1. The average Bonchev–Trinajstić information content (AvgIpc) is 3.58. The highest BCUT2D eigenvalue weighted by atomic mass is 32.1. The van der Waals surface area contributed by atoms with Gasteiger partial charge in [0.05, 0.1) is 25.3 Å². The van der Waals surface area contributed by atoms with Crippen molar-refractivity contribution in [2.45, 2.75) is 39.3 Å². The van der Waals surface area contributed by atoms with Gasteiger partial charge in [-0.25, -0.2) is 0 Å². The van der Waals surface area contributed by atoms with Gasteiger partial charge in [0.15, 0.2) is 0 Å². The normalized spacial score (nSPS) is 15.4. The van der Waals surface area contributed by atoms with E-state index in [1.54, 1.807) is 18.4 Å². The first-order valence-corrected chi connectivity index (χ1v) is 12.3. The van der Waals surface area contributed by atoms with Crippen molar-refractivity contribution in [2.75, 3.05) is 32.1 Å². The van der Waals surface area contributed by atoms with Gasteiger partial charge in [-0.15, -0.1) is 11.3 Å². The van der Waals surface area contributed by atoms with E-state index >= 15 is 0 Å². The second-order valence-corrected chi connectivity index (χ2v) is 9.54. The first kappa shape index (κ1) is 24.0. The Bertz CT molecular complexity index is 1160. The van der Waals surface area contributed by atoms with Crippen LogP contribution in [0.4, 0.5) is 5.82 Å². The van der Waals surface area contributed by atoms with Gasteiger partial charge in [-0.05, 0) is 68.0 Å². The molecule has 1 aromatic carbocycles. The van der Waals surface area contributed by atoms with Crippen LogP contribution in [0.3, 0.4) is 0 Å². The Kier molecular flexibility index (Phi) is 7.68. The zero-order valence-electron chi connectivity index (χ0n) is 19.8. The molecule has 178 valence electrons. The van der Waals surface area contributed by atoms with Crippen molar-refractivity contribution in [3.05, 3.63) is 63.5 Å². The summed E-state index contributed by atoms with van der Waals surface area (Å²) in [5, 5.41) is 15.0. The summed E-state index contributed by atoms with van der Waals surface area (Å²) in [6, 6.07) is 14.0. The fourth-order valence-electron chi connectivity index (χ4n) is 4.37. The van der Waals surface area contributed by atoms with Crippen molar-refractivity contribution < 1.29 is 14.3 Å². The number of amides is 1. The molecule has 0 saturated carbocycles. The van der Waals surface area contributed by atoms with Crippen molar-refractivity contribution in [3.8, 4) is 17.5 Å². The first-order chi connectivity index (χ1) is 16.5. The number of methoxy groups -OCH3 is 1. The number of nitrogens with one attached hydrogen (secondary N) is 1. The first-order valence-electron chi connectivity index (χ1n) is 11.4. The number of anilines is 1. The average molecular weight is 479 g/mol. The minimum absolute atomic E-state index is 0.148. The van der Waals surface area contributed by atoms with Crippen molar-refractivity contribution >= 4 is 23.1 Å². The summed E-state index contributed by atoms with van der Waals surface area (Å²) < 4.78 is 13.0. The molecule has 1 amide bonds. The Morgan fingerprint density at radius 3 is 2.74 bits per heavy atom. The summed E-state index contributed by atoms with van der Waals surface area (Å²) in [5.41, 5.74) is 3.09. The van der Waals surface area contributed by atoms with E-state index in [0.29, 0.717) is 24.5 Å². The van der Waals surface area contributed by atoms with Gasteiger partial charge < -0.3 is 14.8 Å². The highest BCUT2D eigenvalue weighted by molar-refractivity contribution is 7.09. The van der Waals surface area contributed by atoms with Crippen LogP contribution in [0.2, 0.25) is 0 Å². The number of nitriles is 1. The van der Waals surface area contributed by atoms with E-state index in [1.165, 1.54) is 4.88 Å². The van der Waals surface area contributed by atoms with E-state index in [9.17, 15) is 10.1 Å². The third kappa shape index (κ3) is 5.33. The highest BCUT2D eigenvalue weighted by Gasteiger charge is 2.24. The van der Waals surface area contributed by atoms with Gasteiger partial charge in [0.1, 0.15) is 17.6 Å². The molecular weight excluding hydrogens is 448 g/mol. The lowest BCUT2D eigenvalue weighted by molar-refractivity contribution is -0.117. The van der Waals surface area contributed by atoms with Crippen LogP contribution in [0.1, 0.15) is 34.5 Å². The number of nitrogens with zero attached hydrogens (tertiary/aromatic N) is 3. The lowest BCUT2D eigenvalue weighted by atomic mass is 10.2. The molecule has 0 bridgehead atoms. The van der Waals surface area contributed by atoms with E-state index in [2.05, 4.69) is 22.4 Å². The molecule has 1 saturated heterocycles. The molecule has 0 aliphatic carbocycles. The largest absolute Gasteiger partial charge is 0.497 e. The van der Waals surface area contributed by atoms with Gasteiger partial charge in [0.2, 0.25) is 5.91 Å². The summed E-state index contributed by atoms with van der Waals surface area (Å²) in [6.45, 7) is 6.25. The van der Waals surface area contributed by atoms with E-state index in [-0.39, 0.29) is 18.6 Å². The summed E-state index contributed by atoms with van der Waals surface area (Å²) in [6.07, 6.45) is 2.22. The zero-order chi connectivity index (χ0) is 24.1. The molecule has 1 atom stereocenters. The van der Waals surface area contributed by atoms with Crippen molar-refractivity contribution in [1.29, 1.82) is 5.26 Å². The van der Waals surface area contributed by atoms with Gasteiger partial charge >= 0.3 is 0 Å². The molecule has 3 aromatic rings. The fraction of sp³-hybridized carbons (Fsp3) is 0.385. The molecule has 4 rings (SSSR count). The Hall–Kier alpha value is -3.12. The van der Waals surface area contributed by atoms with Gasteiger partial charge in [0, 0.05) is 36.0 Å². The second kappa shape index (κ2) is 10.9. The minimum atomic E-state index is -0.154. The molecule has 1 aliphatic heterocycles. The quantitative estimate of drug-likeness (QED) is 0.484. The number of rotatable bonds is 9. The molecule has 0 spiro atoms. The molecule has 2 aromatic heterocycles. The van der Waals surface area contributed by atoms with Crippen molar-refractivity contribution in [2.24, 2.45) is 0 Å². The molecule has 34 heavy (non-hydrogen) atoms. The predicted molar refractivity (Wildman–Crippen MR) is 134 cm³/mol. The van der Waals surface area contributed by atoms with Gasteiger partial charge in [-0.3, -0.25) is 14.3 Å². The number of hydrogen-bond acceptors (Lipinski definition) is 6. The smallest absolute Gasteiger partial charge is 0.239 e. The topological polar surface area (TPSA) is 79.5 Å². The lowest BCUT2D eigenvalue weighted by Gasteiger charge is -2.24. The second-order valence-electron chi connectivity index (χ2n) is 8.51. The van der Waals surface area contributed by atoms with Crippen LogP contribution in [0.15, 0.2) is 41.8 Å². The number of carbonyl (C=O) groups excluding carboxylic acids is 1. The molecule has 7 nitrogen and oxygen atoms in total. The summed E-state index contributed by atoms with van der Waals surface area (Å²) in [7, 11) is 1.62. The fourth-order valence-corrected chi connectivity index (χ4v) is 5.12. The third-order valence-electron chi connectivity index (χ3n) is 6.23. The van der Waals surface area contributed by atoms with Crippen LogP contribution in [0.5, 0.6) is 5.75 Å². The lowest BCUT2D eigenvalue weighted by Crippen LogP contribution is -2.38. The molecule has 1 aliphatic rings. The molecule has 1 N–H and O–H groups in total. The predicted octanol–water partition coefficient (Wildman–Crippen LogP) is 4.66. The molecule has 3 heterocycles. The summed E-state index contributed by atoms with van der Waals surface area (Å²) in [5.74, 6) is 1.09. The molecule has 8 heteroatoms. The van der Waals surface area contributed by atoms with E-state index in [4.69, 9.17) is 9.47 Å². The summed E-state index contributed by atoms with van der Waals surface area (Å²) >= 11 is 1.68.